The highest BCUT2D eigenvalue weighted by Crippen LogP contribution is 2.31. The molecule has 16 heavy (non-hydrogen) atoms. The van der Waals surface area contributed by atoms with Gasteiger partial charge in [0.15, 0.2) is 0 Å². The zero-order valence-corrected chi connectivity index (χ0v) is 10.2. The predicted molar refractivity (Wildman–Crippen MR) is 64.6 cm³/mol. The lowest BCUT2D eigenvalue weighted by Gasteiger charge is -2.30. The minimum Gasteiger partial charge on any atom is -0.381 e. The van der Waals surface area contributed by atoms with E-state index in [0.717, 1.165) is 30.2 Å². The van der Waals surface area contributed by atoms with Gasteiger partial charge in [-0.05, 0) is 31.5 Å². The first-order chi connectivity index (χ1) is 7.83. The van der Waals surface area contributed by atoms with Crippen molar-refractivity contribution in [1.82, 2.24) is 10.3 Å². The minimum absolute atomic E-state index is 0.260. The van der Waals surface area contributed by atoms with Gasteiger partial charge in [0.2, 0.25) is 0 Å². The molecule has 0 aromatic carbocycles. The molecular weight excluding hydrogens is 224 g/mol. The second-order valence-corrected chi connectivity index (χ2v) is 4.55. The Kier molecular flexibility index (Phi) is 4.16. The molecule has 1 aliphatic heterocycles. The molecule has 1 aliphatic rings. The summed E-state index contributed by atoms with van der Waals surface area (Å²) in [4.78, 5) is 4.02. The van der Waals surface area contributed by atoms with E-state index >= 15 is 0 Å². The van der Waals surface area contributed by atoms with Crippen molar-refractivity contribution in [2.45, 2.75) is 18.9 Å². The Hall–Kier alpha value is -0.640. The molecule has 0 spiro atoms. The molecule has 0 amide bonds. The van der Waals surface area contributed by atoms with Crippen molar-refractivity contribution < 1.29 is 4.74 Å². The molecule has 2 unspecified atom stereocenters. The van der Waals surface area contributed by atoms with Gasteiger partial charge in [-0.2, -0.15) is 0 Å². The van der Waals surface area contributed by atoms with Crippen molar-refractivity contribution in [1.29, 1.82) is 0 Å². The molecule has 2 heterocycles. The van der Waals surface area contributed by atoms with Crippen LogP contribution in [0.2, 0.25) is 5.02 Å². The van der Waals surface area contributed by atoms with Gasteiger partial charge in [-0.3, -0.25) is 4.98 Å². The first kappa shape index (κ1) is 11.8. The fourth-order valence-electron chi connectivity index (χ4n) is 2.31. The summed E-state index contributed by atoms with van der Waals surface area (Å²) in [6.07, 6.45) is 5.80. The number of hydrogen-bond acceptors (Lipinski definition) is 3. The maximum atomic E-state index is 6.17. The number of halogens is 1. The predicted octanol–water partition coefficient (Wildman–Crippen LogP) is 2.42. The van der Waals surface area contributed by atoms with Crippen LogP contribution in [-0.2, 0) is 4.74 Å². The molecule has 4 heteroatoms. The Morgan fingerprint density at radius 1 is 1.62 bits per heavy atom. The molecule has 1 aromatic rings. The molecule has 0 radical (unpaired) electrons. The largest absolute Gasteiger partial charge is 0.381 e. The summed E-state index contributed by atoms with van der Waals surface area (Å²) < 4.78 is 5.53. The molecule has 2 atom stereocenters. The molecule has 1 fully saturated rings. The molecule has 0 bridgehead atoms. The molecule has 2 rings (SSSR count). The fourth-order valence-corrected chi connectivity index (χ4v) is 2.55. The SMILES string of the molecule is CNC(c1ccncc1Cl)C1CCCOC1. The summed E-state index contributed by atoms with van der Waals surface area (Å²) >= 11 is 6.17. The van der Waals surface area contributed by atoms with Gasteiger partial charge in [-0.1, -0.05) is 11.6 Å². The molecule has 3 nitrogen and oxygen atoms in total. The number of nitrogens with one attached hydrogen (secondary N) is 1. The zero-order chi connectivity index (χ0) is 11.4. The first-order valence-electron chi connectivity index (χ1n) is 5.67. The number of nitrogens with zero attached hydrogens (tertiary/aromatic N) is 1. The van der Waals surface area contributed by atoms with E-state index in [-0.39, 0.29) is 6.04 Å². The Bertz CT molecular complexity index is 340. The molecule has 1 saturated heterocycles. The van der Waals surface area contributed by atoms with Gasteiger partial charge in [0.1, 0.15) is 0 Å². The Morgan fingerprint density at radius 3 is 3.12 bits per heavy atom. The number of hydrogen-bond donors (Lipinski definition) is 1. The topological polar surface area (TPSA) is 34.2 Å². The van der Waals surface area contributed by atoms with Crippen molar-refractivity contribution in [3.63, 3.8) is 0 Å². The third kappa shape index (κ3) is 2.54. The lowest BCUT2D eigenvalue weighted by molar-refractivity contribution is 0.0402. The lowest BCUT2D eigenvalue weighted by atomic mass is 9.89. The van der Waals surface area contributed by atoms with Crippen molar-refractivity contribution in [2.75, 3.05) is 20.3 Å². The van der Waals surface area contributed by atoms with Crippen LogP contribution in [0.15, 0.2) is 18.5 Å². The van der Waals surface area contributed by atoms with Crippen LogP contribution in [0.3, 0.4) is 0 Å². The molecule has 1 N–H and O–H groups in total. The molecular formula is C12H17ClN2O. The van der Waals surface area contributed by atoms with E-state index in [2.05, 4.69) is 10.3 Å². The van der Waals surface area contributed by atoms with Gasteiger partial charge in [-0.25, -0.2) is 0 Å². The summed E-state index contributed by atoms with van der Waals surface area (Å²) in [5.41, 5.74) is 1.12. The van der Waals surface area contributed by atoms with Gasteiger partial charge in [0.05, 0.1) is 11.6 Å². The number of aromatic nitrogens is 1. The first-order valence-corrected chi connectivity index (χ1v) is 6.05. The van der Waals surface area contributed by atoms with E-state index in [1.54, 1.807) is 12.4 Å². The van der Waals surface area contributed by atoms with Crippen LogP contribution in [0.4, 0.5) is 0 Å². The standard InChI is InChI=1S/C12H17ClN2O/c1-14-12(9-3-2-6-16-8-9)10-4-5-15-7-11(10)13/h4-5,7,9,12,14H,2-3,6,8H2,1H3. The van der Waals surface area contributed by atoms with Gasteiger partial charge in [0, 0.05) is 31.0 Å². The summed E-state index contributed by atoms with van der Waals surface area (Å²) in [7, 11) is 1.97. The van der Waals surface area contributed by atoms with Gasteiger partial charge < -0.3 is 10.1 Å². The summed E-state index contributed by atoms with van der Waals surface area (Å²) in [6, 6.07) is 2.24. The Morgan fingerprint density at radius 2 is 2.50 bits per heavy atom. The summed E-state index contributed by atoms with van der Waals surface area (Å²) in [5.74, 6) is 0.499. The minimum atomic E-state index is 0.260. The van der Waals surface area contributed by atoms with E-state index in [1.165, 1.54) is 6.42 Å². The van der Waals surface area contributed by atoms with Crippen LogP contribution in [-0.4, -0.2) is 25.2 Å². The number of pyridine rings is 1. The number of ether oxygens (including phenoxy) is 1. The lowest BCUT2D eigenvalue weighted by Crippen LogP contribution is -2.31. The van der Waals surface area contributed by atoms with Gasteiger partial charge in [0.25, 0.3) is 0 Å². The average Bonchev–Trinajstić information content (AvgIpc) is 2.34. The Balaban J connectivity index is 2.18. The van der Waals surface area contributed by atoms with E-state index in [4.69, 9.17) is 16.3 Å². The van der Waals surface area contributed by atoms with Gasteiger partial charge in [-0.15, -0.1) is 0 Å². The summed E-state index contributed by atoms with van der Waals surface area (Å²) in [5, 5.41) is 4.07. The maximum Gasteiger partial charge on any atom is 0.0637 e. The van der Waals surface area contributed by atoms with Crippen LogP contribution >= 0.6 is 11.6 Å². The number of rotatable bonds is 3. The normalized spacial score (nSPS) is 23.0. The van der Waals surface area contributed by atoms with E-state index in [1.807, 2.05) is 13.1 Å². The quantitative estimate of drug-likeness (QED) is 0.881. The maximum absolute atomic E-state index is 6.17. The molecule has 0 saturated carbocycles. The highest BCUT2D eigenvalue weighted by atomic mass is 35.5. The van der Waals surface area contributed by atoms with Crippen LogP contribution in [0.5, 0.6) is 0 Å². The molecule has 88 valence electrons. The smallest absolute Gasteiger partial charge is 0.0637 e. The van der Waals surface area contributed by atoms with Crippen LogP contribution in [0.1, 0.15) is 24.4 Å². The summed E-state index contributed by atoms with van der Waals surface area (Å²) in [6.45, 7) is 1.70. The average molecular weight is 241 g/mol. The van der Waals surface area contributed by atoms with E-state index in [9.17, 15) is 0 Å². The molecule has 0 aliphatic carbocycles. The zero-order valence-electron chi connectivity index (χ0n) is 9.45. The molecule has 1 aromatic heterocycles. The highest BCUT2D eigenvalue weighted by molar-refractivity contribution is 6.31. The highest BCUT2D eigenvalue weighted by Gasteiger charge is 2.25. The van der Waals surface area contributed by atoms with Crippen molar-refractivity contribution in [3.05, 3.63) is 29.0 Å². The van der Waals surface area contributed by atoms with Gasteiger partial charge >= 0.3 is 0 Å². The second-order valence-electron chi connectivity index (χ2n) is 4.14. The van der Waals surface area contributed by atoms with E-state index < -0.39 is 0 Å². The van der Waals surface area contributed by atoms with E-state index in [0.29, 0.717) is 5.92 Å². The third-order valence-electron chi connectivity index (χ3n) is 3.12. The monoisotopic (exact) mass is 240 g/mol. The second kappa shape index (κ2) is 5.62. The Labute approximate surface area is 101 Å². The van der Waals surface area contributed by atoms with Crippen LogP contribution < -0.4 is 5.32 Å². The van der Waals surface area contributed by atoms with Crippen molar-refractivity contribution in [2.24, 2.45) is 5.92 Å². The third-order valence-corrected chi connectivity index (χ3v) is 3.43. The van der Waals surface area contributed by atoms with Crippen molar-refractivity contribution >= 4 is 11.6 Å². The van der Waals surface area contributed by atoms with Crippen LogP contribution in [0.25, 0.3) is 0 Å². The van der Waals surface area contributed by atoms with Crippen molar-refractivity contribution in [3.8, 4) is 0 Å². The fraction of sp³-hybridized carbons (Fsp3) is 0.583. The van der Waals surface area contributed by atoms with Crippen LogP contribution in [0, 0.1) is 5.92 Å².